The molecule has 0 radical (unpaired) electrons. The van der Waals surface area contributed by atoms with Crippen molar-refractivity contribution in [1.29, 1.82) is 0 Å². The molecule has 3 heteroatoms. The molecule has 0 aromatic carbocycles. The van der Waals surface area contributed by atoms with Crippen molar-refractivity contribution >= 4 is 0 Å². The van der Waals surface area contributed by atoms with Crippen LogP contribution in [0.3, 0.4) is 0 Å². The van der Waals surface area contributed by atoms with E-state index >= 15 is 0 Å². The zero-order valence-corrected chi connectivity index (χ0v) is 6.45. The van der Waals surface area contributed by atoms with E-state index in [-0.39, 0.29) is 5.76 Å². The summed E-state index contributed by atoms with van der Waals surface area (Å²) in [4.78, 5) is 0. The molecule has 1 aliphatic carbocycles. The molecule has 1 rings (SSSR count). The molecular weight excluding hydrogens is 144 g/mol. The van der Waals surface area contributed by atoms with Crippen molar-refractivity contribution in [2.45, 2.75) is 19.1 Å². The summed E-state index contributed by atoms with van der Waals surface area (Å²) in [7, 11) is 0. The molecule has 62 valence electrons. The maximum absolute atomic E-state index is 9.52. The first-order valence-corrected chi connectivity index (χ1v) is 3.61. The van der Waals surface area contributed by atoms with Gasteiger partial charge in [-0.05, 0) is 25.2 Å². The molecule has 1 aliphatic rings. The lowest BCUT2D eigenvalue weighted by Gasteiger charge is -2.24. The van der Waals surface area contributed by atoms with E-state index in [2.05, 4.69) is 0 Å². The third kappa shape index (κ3) is 2.06. The Bertz CT molecular complexity index is 196. The van der Waals surface area contributed by atoms with Crippen molar-refractivity contribution in [2.24, 2.45) is 0 Å². The Morgan fingerprint density at radius 3 is 2.91 bits per heavy atom. The lowest BCUT2D eigenvalue weighted by molar-refractivity contribution is -0.161. The Labute approximate surface area is 65.6 Å². The summed E-state index contributed by atoms with van der Waals surface area (Å²) in [6.45, 7) is 2.26. The second kappa shape index (κ2) is 3.07. The van der Waals surface area contributed by atoms with Crippen LogP contribution in [0.2, 0.25) is 0 Å². The van der Waals surface area contributed by atoms with E-state index in [0.29, 0.717) is 13.0 Å². The molecule has 11 heavy (non-hydrogen) atoms. The Morgan fingerprint density at radius 1 is 1.73 bits per heavy atom. The molecule has 0 saturated heterocycles. The summed E-state index contributed by atoms with van der Waals surface area (Å²) < 4.78 is 5.03. The SMILES string of the molecule is CCOC1(O)C=CC(O)=CC1. The quantitative estimate of drug-likeness (QED) is 0.589. The number of hydrogen-bond donors (Lipinski definition) is 2. The molecule has 0 aliphatic heterocycles. The fourth-order valence-electron chi connectivity index (χ4n) is 0.959. The van der Waals surface area contributed by atoms with Gasteiger partial charge >= 0.3 is 0 Å². The third-order valence-electron chi connectivity index (χ3n) is 1.51. The van der Waals surface area contributed by atoms with Gasteiger partial charge in [-0.2, -0.15) is 0 Å². The number of rotatable bonds is 2. The molecule has 0 saturated carbocycles. The Balaban J connectivity index is 2.58. The van der Waals surface area contributed by atoms with Gasteiger partial charge in [0.25, 0.3) is 0 Å². The van der Waals surface area contributed by atoms with Crippen LogP contribution in [0, 0.1) is 0 Å². The second-order valence-corrected chi connectivity index (χ2v) is 2.44. The molecule has 0 heterocycles. The van der Waals surface area contributed by atoms with E-state index in [1.165, 1.54) is 18.2 Å². The summed E-state index contributed by atoms with van der Waals surface area (Å²) in [5.74, 6) is -1.03. The molecule has 0 bridgehead atoms. The van der Waals surface area contributed by atoms with Gasteiger partial charge in [0.15, 0.2) is 5.79 Å². The molecule has 0 aromatic heterocycles. The van der Waals surface area contributed by atoms with Gasteiger partial charge in [-0.1, -0.05) is 0 Å². The normalized spacial score (nSPS) is 30.2. The van der Waals surface area contributed by atoms with Gasteiger partial charge < -0.3 is 14.9 Å². The van der Waals surface area contributed by atoms with Crippen LogP contribution in [-0.4, -0.2) is 22.6 Å². The molecule has 0 fully saturated rings. The summed E-state index contributed by atoms with van der Waals surface area (Å²) in [5, 5.41) is 18.4. The molecule has 0 spiro atoms. The van der Waals surface area contributed by atoms with Crippen molar-refractivity contribution in [3.05, 3.63) is 24.0 Å². The zero-order chi connectivity index (χ0) is 8.32. The third-order valence-corrected chi connectivity index (χ3v) is 1.51. The van der Waals surface area contributed by atoms with Crippen LogP contribution in [0.4, 0.5) is 0 Å². The first kappa shape index (κ1) is 8.30. The van der Waals surface area contributed by atoms with E-state index in [1.54, 1.807) is 0 Å². The fraction of sp³-hybridized carbons (Fsp3) is 0.500. The molecular formula is C8H12O3. The Hall–Kier alpha value is -0.800. The largest absolute Gasteiger partial charge is 0.508 e. The van der Waals surface area contributed by atoms with E-state index in [9.17, 15) is 5.11 Å². The maximum atomic E-state index is 9.52. The lowest BCUT2D eigenvalue weighted by Crippen LogP contribution is -2.30. The first-order chi connectivity index (χ1) is 5.16. The number of hydrogen-bond acceptors (Lipinski definition) is 3. The zero-order valence-electron chi connectivity index (χ0n) is 6.45. The van der Waals surface area contributed by atoms with E-state index in [0.717, 1.165) is 0 Å². The van der Waals surface area contributed by atoms with Crippen molar-refractivity contribution in [3.8, 4) is 0 Å². The highest BCUT2D eigenvalue weighted by molar-refractivity contribution is 5.20. The molecule has 1 unspecified atom stereocenters. The van der Waals surface area contributed by atoms with Gasteiger partial charge in [0.2, 0.25) is 0 Å². The molecule has 3 nitrogen and oxygen atoms in total. The minimum atomic E-state index is -1.21. The van der Waals surface area contributed by atoms with E-state index < -0.39 is 5.79 Å². The minimum absolute atomic E-state index is 0.175. The molecule has 2 N–H and O–H groups in total. The molecule has 1 atom stereocenters. The predicted molar refractivity (Wildman–Crippen MR) is 41.0 cm³/mol. The summed E-state index contributed by atoms with van der Waals surface area (Å²) in [6, 6.07) is 0. The first-order valence-electron chi connectivity index (χ1n) is 3.61. The van der Waals surface area contributed by atoms with Crippen LogP contribution in [0.15, 0.2) is 24.0 Å². The highest BCUT2D eigenvalue weighted by Gasteiger charge is 2.24. The Kier molecular flexibility index (Phi) is 2.31. The van der Waals surface area contributed by atoms with Crippen LogP contribution < -0.4 is 0 Å². The number of allylic oxidation sites excluding steroid dienone is 1. The van der Waals surface area contributed by atoms with E-state index in [1.807, 2.05) is 6.92 Å². The molecule has 0 aromatic rings. The second-order valence-electron chi connectivity index (χ2n) is 2.44. The van der Waals surface area contributed by atoms with Crippen LogP contribution in [-0.2, 0) is 4.74 Å². The van der Waals surface area contributed by atoms with Crippen molar-refractivity contribution in [1.82, 2.24) is 0 Å². The van der Waals surface area contributed by atoms with Gasteiger partial charge in [-0.15, -0.1) is 0 Å². The number of aliphatic hydroxyl groups excluding tert-OH is 1. The van der Waals surface area contributed by atoms with Gasteiger partial charge in [0, 0.05) is 13.0 Å². The van der Waals surface area contributed by atoms with E-state index in [4.69, 9.17) is 9.84 Å². The highest BCUT2D eigenvalue weighted by atomic mass is 16.6. The van der Waals surface area contributed by atoms with Gasteiger partial charge in [0.05, 0.1) is 0 Å². The van der Waals surface area contributed by atoms with Crippen LogP contribution in [0.5, 0.6) is 0 Å². The van der Waals surface area contributed by atoms with Gasteiger partial charge in [-0.3, -0.25) is 0 Å². The minimum Gasteiger partial charge on any atom is -0.508 e. The average molecular weight is 156 g/mol. The Morgan fingerprint density at radius 2 is 2.45 bits per heavy atom. The summed E-state index contributed by atoms with van der Waals surface area (Å²) >= 11 is 0. The van der Waals surface area contributed by atoms with Crippen molar-refractivity contribution in [3.63, 3.8) is 0 Å². The summed E-state index contributed by atoms with van der Waals surface area (Å²) in [5.41, 5.74) is 0. The smallest absolute Gasteiger partial charge is 0.189 e. The van der Waals surface area contributed by atoms with Crippen LogP contribution in [0.25, 0.3) is 0 Å². The van der Waals surface area contributed by atoms with Gasteiger partial charge in [0.1, 0.15) is 5.76 Å². The monoisotopic (exact) mass is 156 g/mol. The highest BCUT2D eigenvalue weighted by Crippen LogP contribution is 2.20. The number of ether oxygens (including phenoxy) is 1. The lowest BCUT2D eigenvalue weighted by atomic mass is 10.1. The molecule has 0 amide bonds. The fourth-order valence-corrected chi connectivity index (χ4v) is 0.959. The average Bonchev–Trinajstić information content (AvgIpc) is 1.97. The van der Waals surface area contributed by atoms with Crippen molar-refractivity contribution < 1.29 is 14.9 Å². The predicted octanol–water partition coefficient (Wildman–Crippen LogP) is 1.11. The van der Waals surface area contributed by atoms with Gasteiger partial charge in [-0.25, -0.2) is 0 Å². The van der Waals surface area contributed by atoms with Crippen LogP contribution >= 0.6 is 0 Å². The number of aliphatic hydroxyl groups is 2. The van der Waals surface area contributed by atoms with Crippen LogP contribution in [0.1, 0.15) is 13.3 Å². The standard InChI is InChI=1S/C8H12O3/c1-2-11-8(10)5-3-7(9)4-6-8/h3-5,9-10H,2,6H2,1H3. The van der Waals surface area contributed by atoms with Crippen molar-refractivity contribution in [2.75, 3.05) is 6.61 Å². The summed E-state index contributed by atoms with van der Waals surface area (Å²) in [6.07, 6.45) is 4.71. The maximum Gasteiger partial charge on any atom is 0.189 e. The topological polar surface area (TPSA) is 49.7 Å².